The highest BCUT2D eigenvalue weighted by Gasteiger charge is 2.49. The van der Waals surface area contributed by atoms with Crippen LogP contribution in [0.1, 0.15) is 22.3 Å². The third kappa shape index (κ3) is 8.08. The molecule has 40 heavy (non-hydrogen) atoms. The summed E-state index contributed by atoms with van der Waals surface area (Å²) in [7, 11) is 0. The molecule has 1 heterocycles. The van der Waals surface area contributed by atoms with Crippen LogP contribution in [0.15, 0.2) is 121 Å². The third-order valence-electron chi connectivity index (χ3n) is 6.86. The van der Waals surface area contributed by atoms with Gasteiger partial charge in [-0.15, -0.1) is 0 Å². The maximum atomic E-state index is 11.0. The average Bonchev–Trinajstić information content (AvgIpc) is 3.33. The second-order valence-electron chi connectivity index (χ2n) is 9.85. The van der Waals surface area contributed by atoms with E-state index in [2.05, 4.69) is 0 Å². The highest BCUT2D eigenvalue weighted by molar-refractivity contribution is 5.16. The van der Waals surface area contributed by atoms with E-state index in [1.165, 1.54) is 0 Å². The smallest absolute Gasteiger partial charge is 0.184 e. The summed E-state index contributed by atoms with van der Waals surface area (Å²) in [6, 6.07) is 39.8. The highest BCUT2D eigenvalue weighted by atomic mass is 16.7. The van der Waals surface area contributed by atoms with Gasteiger partial charge in [0.15, 0.2) is 6.29 Å². The molecule has 1 aliphatic heterocycles. The van der Waals surface area contributed by atoms with E-state index in [1.807, 2.05) is 121 Å². The maximum absolute atomic E-state index is 11.0. The number of hydrogen-bond donors (Lipinski definition) is 1. The standard InChI is InChI=1S/C34H36O6/c35-34-33(39-24-29-19-11-4-12-20-29)32(38-23-28-17-9-3-10-18-28)31(40-34)30(37-22-27-15-7-2-8-16-27)25-36-21-26-13-5-1-6-14-26/h1-20,30-35H,21-25H2/t30-,31-,32-,33+,34+/m0/s1. The number of rotatable bonds is 14. The first-order valence-corrected chi connectivity index (χ1v) is 13.7. The number of ether oxygens (including phenoxy) is 5. The Morgan fingerprint density at radius 3 is 1.48 bits per heavy atom. The van der Waals surface area contributed by atoms with Crippen LogP contribution in [-0.2, 0) is 50.1 Å². The SMILES string of the molecule is O[C@@H]1O[C@@H]([C@H](COCc2ccccc2)OCc2ccccc2)[C@H](OCc2ccccc2)[C@H]1OCc1ccccc1. The third-order valence-corrected chi connectivity index (χ3v) is 6.86. The highest BCUT2D eigenvalue weighted by Crippen LogP contribution is 2.31. The number of benzene rings is 4. The molecule has 1 saturated heterocycles. The predicted molar refractivity (Wildman–Crippen MR) is 152 cm³/mol. The molecule has 6 nitrogen and oxygen atoms in total. The van der Waals surface area contributed by atoms with Gasteiger partial charge < -0.3 is 28.8 Å². The zero-order chi connectivity index (χ0) is 27.4. The van der Waals surface area contributed by atoms with Gasteiger partial charge in [-0.3, -0.25) is 0 Å². The summed E-state index contributed by atoms with van der Waals surface area (Å²) >= 11 is 0. The second kappa shape index (κ2) is 14.9. The normalized spacial score (nSPS) is 21.3. The quantitative estimate of drug-likeness (QED) is 0.222. The molecular weight excluding hydrogens is 504 g/mol. The van der Waals surface area contributed by atoms with Gasteiger partial charge in [-0.25, -0.2) is 0 Å². The van der Waals surface area contributed by atoms with Gasteiger partial charge in [-0.05, 0) is 22.3 Å². The lowest BCUT2D eigenvalue weighted by molar-refractivity contribution is -0.174. The van der Waals surface area contributed by atoms with E-state index in [0.29, 0.717) is 26.4 Å². The van der Waals surface area contributed by atoms with Gasteiger partial charge in [0.05, 0.1) is 33.0 Å². The van der Waals surface area contributed by atoms with Crippen LogP contribution in [0, 0.1) is 0 Å². The first-order valence-electron chi connectivity index (χ1n) is 13.7. The molecule has 1 fully saturated rings. The maximum Gasteiger partial charge on any atom is 0.184 e. The van der Waals surface area contributed by atoms with Crippen LogP contribution >= 0.6 is 0 Å². The van der Waals surface area contributed by atoms with Crippen molar-refractivity contribution in [3.8, 4) is 0 Å². The molecule has 0 radical (unpaired) electrons. The molecule has 1 aliphatic rings. The lowest BCUT2D eigenvalue weighted by Crippen LogP contribution is -2.45. The van der Waals surface area contributed by atoms with Crippen molar-refractivity contribution in [2.45, 2.75) is 57.1 Å². The molecule has 0 amide bonds. The largest absolute Gasteiger partial charge is 0.374 e. The Balaban J connectivity index is 1.33. The van der Waals surface area contributed by atoms with Crippen molar-refractivity contribution in [1.29, 1.82) is 0 Å². The summed E-state index contributed by atoms with van der Waals surface area (Å²) in [5.41, 5.74) is 4.12. The Bertz CT molecular complexity index is 1240. The Kier molecular flexibility index (Phi) is 10.5. The Hall–Kier alpha value is -3.36. The average molecular weight is 541 g/mol. The summed E-state index contributed by atoms with van der Waals surface area (Å²) in [6.45, 7) is 1.74. The molecule has 5 atom stereocenters. The molecule has 0 aromatic heterocycles. The van der Waals surface area contributed by atoms with E-state index < -0.39 is 30.7 Å². The lowest BCUT2D eigenvalue weighted by atomic mass is 10.0. The van der Waals surface area contributed by atoms with Crippen molar-refractivity contribution < 1.29 is 28.8 Å². The van der Waals surface area contributed by atoms with E-state index in [4.69, 9.17) is 23.7 Å². The Labute approximate surface area is 236 Å². The zero-order valence-corrected chi connectivity index (χ0v) is 22.5. The molecule has 0 spiro atoms. The van der Waals surface area contributed by atoms with Gasteiger partial charge >= 0.3 is 0 Å². The Morgan fingerprint density at radius 2 is 0.975 bits per heavy atom. The van der Waals surface area contributed by atoms with Crippen molar-refractivity contribution in [3.05, 3.63) is 144 Å². The van der Waals surface area contributed by atoms with E-state index in [9.17, 15) is 5.11 Å². The minimum Gasteiger partial charge on any atom is -0.374 e. The van der Waals surface area contributed by atoms with Crippen molar-refractivity contribution in [3.63, 3.8) is 0 Å². The van der Waals surface area contributed by atoms with Crippen LogP contribution in [0.4, 0.5) is 0 Å². The predicted octanol–water partition coefficient (Wildman–Crippen LogP) is 5.68. The summed E-state index contributed by atoms with van der Waals surface area (Å²) < 4.78 is 31.3. The van der Waals surface area contributed by atoms with Gasteiger partial charge in [-0.2, -0.15) is 0 Å². The molecule has 0 saturated carbocycles. The fraction of sp³-hybridized carbons (Fsp3) is 0.294. The van der Waals surface area contributed by atoms with Gasteiger partial charge in [0, 0.05) is 0 Å². The molecule has 4 aromatic carbocycles. The number of aliphatic hydroxyl groups is 1. The van der Waals surface area contributed by atoms with Crippen LogP contribution < -0.4 is 0 Å². The first-order chi connectivity index (χ1) is 19.8. The fourth-order valence-electron chi connectivity index (χ4n) is 4.75. The van der Waals surface area contributed by atoms with Crippen LogP contribution in [0.3, 0.4) is 0 Å². The van der Waals surface area contributed by atoms with Gasteiger partial charge in [-0.1, -0.05) is 121 Å². The summed E-state index contributed by atoms with van der Waals surface area (Å²) in [6.07, 6.45) is -3.58. The number of hydrogen-bond acceptors (Lipinski definition) is 6. The van der Waals surface area contributed by atoms with E-state index in [1.54, 1.807) is 0 Å². The van der Waals surface area contributed by atoms with Gasteiger partial charge in [0.25, 0.3) is 0 Å². The monoisotopic (exact) mass is 540 g/mol. The van der Waals surface area contributed by atoms with Crippen molar-refractivity contribution in [2.75, 3.05) is 6.61 Å². The molecule has 1 N–H and O–H groups in total. The van der Waals surface area contributed by atoms with Gasteiger partial charge in [0.2, 0.25) is 0 Å². The minimum atomic E-state index is -1.17. The number of aliphatic hydroxyl groups excluding tert-OH is 1. The Morgan fingerprint density at radius 1 is 0.550 bits per heavy atom. The van der Waals surface area contributed by atoms with Gasteiger partial charge in [0.1, 0.15) is 24.4 Å². The zero-order valence-electron chi connectivity index (χ0n) is 22.5. The molecule has 5 rings (SSSR count). The second-order valence-corrected chi connectivity index (χ2v) is 9.85. The minimum absolute atomic E-state index is 0.260. The molecule has 0 aliphatic carbocycles. The van der Waals surface area contributed by atoms with Crippen LogP contribution in [0.25, 0.3) is 0 Å². The van der Waals surface area contributed by atoms with E-state index in [0.717, 1.165) is 22.3 Å². The van der Waals surface area contributed by atoms with Crippen molar-refractivity contribution in [1.82, 2.24) is 0 Å². The van der Waals surface area contributed by atoms with Crippen LogP contribution in [0.2, 0.25) is 0 Å². The fourth-order valence-corrected chi connectivity index (χ4v) is 4.75. The summed E-state index contributed by atoms with van der Waals surface area (Å²) in [4.78, 5) is 0. The van der Waals surface area contributed by atoms with Crippen LogP contribution in [0.5, 0.6) is 0 Å². The van der Waals surface area contributed by atoms with Crippen molar-refractivity contribution >= 4 is 0 Å². The first kappa shape index (κ1) is 28.2. The molecule has 208 valence electrons. The summed E-state index contributed by atoms with van der Waals surface area (Å²) in [5, 5.41) is 11.0. The van der Waals surface area contributed by atoms with E-state index >= 15 is 0 Å². The molecular formula is C34H36O6. The van der Waals surface area contributed by atoms with Crippen molar-refractivity contribution in [2.24, 2.45) is 0 Å². The molecule has 6 heteroatoms. The van der Waals surface area contributed by atoms with E-state index in [-0.39, 0.29) is 6.61 Å². The topological polar surface area (TPSA) is 66.4 Å². The molecule has 0 bridgehead atoms. The lowest BCUT2D eigenvalue weighted by Gasteiger charge is -2.29. The van der Waals surface area contributed by atoms with Crippen LogP contribution in [-0.4, -0.2) is 42.4 Å². The molecule has 0 unspecified atom stereocenters. The summed E-state index contributed by atoms with van der Waals surface area (Å²) in [5.74, 6) is 0. The molecule has 4 aromatic rings.